The minimum Gasteiger partial charge on any atom is -0.465 e. The lowest BCUT2D eigenvalue weighted by atomic mass is 10.2. The van der Waals surface area contributed by atoms with Gasteiger partial charge >= 0.3 is 6.09 Å². The van der Waals surface area contributed by atoms with Gasteiger partial charge in [-0.15, -0.1) is 0 Å². The third-order valence-corrected chi connectivity index (χ3v) is 4.09. The first-order chi connectivity index (χ1) is 9.99. The number of anilines is 1. The Morgan fingerprint density at radius 2 is 2.00 bits per heavy atom. The molecule has 0 aliphatic carbocycles. The van der Waals surface area contributed by atoms with Crippen LogP contribution in [0, 0.1) is 6.92 Å². The molecule has 0 aliphatic heterocycles. The van der Waals surface area contributed by atoms with E-state index in [9.17, 15) is 9.59 Å². The largest absolute Gasteiger partial charge is 0.465 e. The fraction of sp³-hybridized carbons (Fsp3) is 0.214. The molecule has 2 N–H and O–H groups in total. The molecule has 110 valence electrons. The van der Waals surface area contributed by atoms with Crippen molar-refractivity contribution in [3.05, 3.63) is 46.5 Å². The van der Waals surface area contributed by atoms with E-state index in [1.165, 1.54) is 7.05 Å². The molecule has 1 aromatic carbocycles. The van der Waals surface area contributed by atoms with Crippen molar-refractivity contribution in [3.63, 3.8) is 0 Å². The van der Waals surface area contributed by atoms with Gasteiger partial charge in [-0.05, 0) is 12.5 Å². The SMILES string of the molecule is Cc1nc(N(C)C(=O)O)sc1C(=O)NCc1ccccc1. The number of hydrogen-bond acceptors (Lipinski definition) is 4. The lowest BCUT2D eigenvalue weighted by Gasteiger charge is -2.07. The Bertz CT molecular complexity index is 655. The summed E-state index contributed by atoms with van der Waals surface area (Å²) < 4.78 is 0. The zero-order valence-corrected chi connectivity index (χ0v) is 12.5. The van der Waals surface area contributed by atoms with Gasteiger partial charge in [-0.2, -0.15) is 0 Å². The van der Waals surface area contributed by atoms with Crippen LogP contribution in [0.15, 0.2) is 30.3 Å². The molecule has 0 saturated heterocycles. The first-order valence-corrected chi connectivity index (χ1v) is 7.07. The first-order valence-electron chi connectivity index (χ1n) is 6.25. The summed E-state index contributed by atoms with van der Waals surface area (Å²) in [6.07, 6.45) is -1.11. The Morgan fingerprint density at radius 3 is 2.62 bits per heavy atom. The first kappa shape index (κ1) is 15.0. The average molecular weight is 305 g/mol. The zero-order chi connectivity index (χ0) is 15.4. The molecule has 0 unspecified atom stereocenters. The maximum absolute atomic E-state index is 12.1. The van der Waals surface area contributed by atoms with Crippen LogP contribution in [0.25, 0.3) is 0 Å². The van der Waals surface area contributed by atoms with E-state index in [0.29, 0.717) is 17.1 Å². The van der Waals surface area contributed by atoms with E-state index in [2.05, 4.69) is 10.3 Å². The van der Waals surface area contributed by atoms with Gasteiger partial charge < -0.3 is 10.4 Å². The van der Waals surface area contributed by atoms with Crippen LogP contribution in [0.3, 0.4) is 0 Å². The number of carbonyl (C=O) groups is 2. The molecule has 0 fully saturated rings. The molecule has 1 heterocycles. The average Bonchev–Trinajstić information content (AvgIpc) is 2.87. The number of carbonyl (C=O) groups excluding carboxylic acids is 1. The van der Waals surface area contributed by atoms with Crippen LogP contribution in [-0.2, 0) is 6.54 Å². The Kier molecular flexibility index (Phi) is 4.54. The highest BCUT2D eigenvalue weighted by Gasteiger charge is 2.19. The van der Waals surface area contributed by atoms with Crippen molar-refractivity contribution in [2.24, 2.45) is 0 Å². The molecule has 21 heavy (non-hydrogen) atoms. The highest BCUT2D eigenvalue weighted by Crippen LogP contribution is 2.25. The minimum atomic E-state index is -1.11. The van der Waals surface area contributed by atoms with E-state index in [-0.39, 0.29) is 11.0 Å². The molecule has 0 aliphatic rings. The van der Waals surface area contributed by atoms with Crippen LogP contribution in [-0.4, -0.2) is 29.1 Å². The topological polar surface area (TPSA) is 82.5 Å². The molecule has 7 heteroatoms. The van der Waals surface area contributed by atoms with Gasteiger partial charge in [-0.1, -0.05) is 41.7 Å². The molecule has 2 amide bonds. The lowest BCUT2D eigenvalue weighted by Crippen LogP contribution is -2.23. The van der Waals surface area contributed by atoms with E-state index < -0.39 is 6.09 Å². The fourth-order valence-electron chi connectivity index (χ4n) is 1.68. The van der Waals surface area contributed by atoms with Gasteiger partial charge in [0.1, 0.15) is 4.88 Å². The summed E-state index contributed by atoms with van der Waals surface area (Å²) in [7, 11) is 1.40. The van der Waals surface area contributed by atoms with Crippen molar-refractivity contribution in [1.82, 2.24) is 10.3 Å². The van der Waals surface area contributed by atoms with Crippen LogP contribution in [0.1, 0.15) is 20.9 Å². The van der Waals surface area contributed by atoms with Gasteiger partial charge in [0.15, 0.2) is 5.13 Å². The molecule has 2 aromatic rings. The summed E-state index contributed by atoms with van der Waals surface area (Å²) in [6, 6.07) is 9.55. The summed E-state index contributed by atoms with van der Waals surface area (Å²) in [4.78, 5) is 28.6. The third-order valence-electron chi connectivity index (χ3n) is 2.86. The predicted molar refractivity (Wildman–Crippen MR) is 80.9 cm³/mol. The molecular weight excluding hydrogens is 290 g/mol. The second-order valence-corrected chi connectivity index (χ2v) is 5.40. The number of thiazole rings is 1. The second kappa shape index (κ2) is 6.36. The van der Waals surface area contributed by atoms with Crippen molar-refractivity contribution in [1.29, 1.82) is 0 Å². The van der Waals surface area contributed by atoms with Crippen molar-refractivity contribution >= 4 is 28.5 Å². The number of nitrogens with one attached hydrogen (secondary N) is 1. The van der Waals surface area contributed by atoms with E-state index in [1.807, 2.05) is 30.3 Å². The van der Waals surface area contributed by atoms with E-state index in [4.69, 9.17) is 5.11 Å². The number of nitrogens with zero attached hydrogens (tertiary/aromatic N) is 2. The monoisotopic (exact) mass is 305 g/mol. The maximum Gasteiger partial charge on any atom is 0.413 e. The zero-order valence-electron chi connectivity index (χ0n) is 11.7. The van der Waals surface area contributed by atoms with Crippen LogP contribution >= 0.6 is 11.3 Å². The smallest absolute Gasteiger partial charge is 0.413 e. The van der Waals surface area contributed by atoms with Gasteiger partial charge in [0.05, 0.1) is 5.69 Å². The second-order valence-electron chi connectivity index (χ2n) is 4.42. The Morgan fingerprint density at radius 1 is 1.33 bits per heavy atom. The van der Waals surface area contributed by atoms with Crippen LogP contribution in [0.4, 0.5) is 9.93 Å². The number of aryl methyl sites for hydroxylation is 1. The molecular formula is C14H15N3O3S. The highest BCUT2D eigenvalue weighted by atomic mass is 32.1. The maximum atomic E-state index is 12.1. The van der Waals surface area contributed by atoms with E-state index in [0.717, 1.165) is 21.8 Å². The predicted octanol–water partition coefficient (Wildman–Crippen LogP) is 2.50. The summed E-state index contributed by atoms with van der Waals surface area (Å²) in [5.74, 6) is -0.251. The number of carboxylic acid groups (broad SMARTS) is 1. The molecule has 0 bridgehead atoms. The molecule has 0 atom stereocenters. The van der Waals surface area contributed by atoms with Crippen LogP contribution < -0.4 is 10.2 Å². The van der Waals surface area contributed by atoms with Crippen LogP contribution in [0.5, 0.6) is 0 Å². The minimum absolute atomic E-state index is 0.251. The van der Waals surface area contributed by atoms with Crippen LogP contribution in [0.2, 0.25) is 0 Å². The number of amides is 2. The normalized spacial score (nSPS) is 10.2. The van der Waals surface area contributed by atoms with Crippen molar-refractivity contribution in [2.45, 2.75) is 13.5 Å². The van der Waals surface area contributed by atoms with Crippen molar-refractivity contribution < 1.29 is 14.7 Å². The summed E-state index contributed by atoms with van der Waals surface area (Å²) in [5, 5.41) is 12.0. The number of aromatic nitrogens is 1. The Hall–Kier alpha value is -2.41. The molecule has 1 aromatic heterocycles. The Balaban J connectivity index is 2.07. The standard InChI is InChI=1S/C14H15N3O3S/c1-9-11(21-13(16-9)17(2)14(19)20)12(18)15-8-10-6-4-3-5-7-10/h3-7H,8H2,1-2H3,(H,15,18)(H,19,20). The van der Waals surface area contributed by atoms with Gasteiger partial charge in [-0.25, -0.2) is 9.78 Å². The van der Waals surface area contributed by atoms with Gasteiger partial charge in [0.2, 0.25) is 0 Å². The molecule has 0 spiro atoms. The number of benzene rings is 1. The molecule has 0 saturated carbocycles. The van der Waals surface area contributed by atoms with Gasteiger partial charge in [-0.3, -0.25) is 9.69 Å². The van der Waals surface area contributed by atoms with E-state index >= 15 is 0 Å². The van der Waals surface area contributed by atoms with Crippen molar-refractivity contribution in [3.8, 4) is 0 Å². The highest BCUT2D eigenvalue weighted by molar-refractivity contribution is 7.17. The Labute approximate surface area is 126 Å². The molecule has 2 rings (SSSR count). The van der Waals surface area contributed by atoms with Gasteiger partial charge in [0.25, 0.3) is 5.91 Å². The molecule has 0 radical (unpaired) electrons. The summed E-state index contributed by atoms with van der Waals surface area (Å²) in [5.41, 5.74) is 1.52. The fourth-order valence-corrected chi connectivity index (χ4v) is 2.62. The molecule has 6 nitrogen and oxygen atoms in total. The quantitative estimate of drug-likeness (QED) is 0.909. The number of hydrogen-bond donors (Lipinski definition) is 2. The third kappa shape index (κ3) is 3.57. The number of rotatable bonds is 4. The van der Waals surface area contributed by atoms with Gasteiger partial charge in [0, 0.05) is 13.6 Å². The van der Waals surface area contributed by atoms with Crippen molar-refractivity contribution in [2.75, 3.05) is 11.9 Å². The lowest BCUT2D eigenvalue weighted by molar-refractivity contribution is 0.0954. The summed E-state index contributed by atoms with van der Waals surface area (Å²) in [6.45, 7) is 2.11. The summed E-state index contributed by atoms with van der Waals surface area (Å²) >= 11 is 1.06. The van der Waals surface area contributed by atoms with E-state index in [1.54, 1.807) is 6.92 Å².